The highest BCUT2D eigenvalue weighted by atomic mass is 16.3. The number of hydrogen-bond acceptors (Lipinski definition) is 4. The van der Waals surface area contributed by atoms with Gasteiger partial charge in [-0.3, -0.25) is 4.98 Å². The Morgan fingerprint density at radius 2 is 2.35 bits per heavy atom. The first-order valence-corrected chi connectivity index (χ1v) is 5.41. The predicted octanol–water partition coefficient (Wildman–Crippen LogP) is 1.93. The second-order valence-corrected chi connectivity index (χ2v) is 4.08. The molecule has 92 valence electrons. The Hall–Kier alpha value is -1.98. The van der Waals surface area contributed by atoms with E-state index in [0.29, 0.717) is 13.1 Å². The first kappa shape index (κ1) is 13.1. The van der Waals surface area contributed by atoms with Crippen LogP contribution in [0.4, 0.5) is 4.79 Å². The molecular weight excluding hydrogens is 220 g/mol. The number of aromatic nitrogens is 1. The molecule has 0 unspecified atom stereocenters. The number of pyridine rings is 1. The summed E-state index contributed by atoms with van der Waals surface area (Å²) in [6, 6.07) is 3.14. The molecule has 0 aliphatic rings. The van der Waals surface area contributed by atoms with Crippen LogP contribution in [0.2, 0.25) is 0 Å². The number of urea groups is 1. The van der Waals surface area contributed by atoms with Crippen LogP contribution in [-0.4, -0.2) is 22.6 Å². The van der Waals surface area contributed by atoms with Crippen LogP contribution in [0.3, 0.4) is 0 Å². The lowest BCUT2D eigenvalue weighted by Crippen LogP contribution is -2.37. The Bertz CT molecular complexity index is 367. The molecule has 0 aromatic carbocycles. The third-order valence-electron chi connectivity index (χ3n) is 2.04. The summed E-state index contributed by atoms with van der Waals surface area (Å²) >= 11 is 0. The Balaban J connectivity index is 2.45. The first-order chi connectivity index (χ1) is 8.13. The number of hydrogen-bond donors (Lipinski definition) is 1. The molecule has 1 aromatic heterocycles. The quantitative estimate of drug-likeness (QED) is 0.627. The summed E-state index contributed by atoms with van der Waals surface area (Å²) in [5.74, 6) is 0.192. The van der Waals surface area contributed by atoms with Gasteiger partial charge in [-0.1, -0.05) is 19.9 Å². The normalized spacial score (nSPS) is 10.1. The van der Waals surface area contributed by atoms with Gasteiger partial charge in [0.2, 0.25) is 0 Å². The van der Waals surface area contributed by atoms with Crippen molar-refractivity contribution in [1.82, 2.24) is 15.3 Å². The van der Waals surface area contributed by atoms with Gasteiger partial charge in [-0.2, -0.15) is 5.01 Å². The van der Waals surface area contributed by atoms with E-state index in [9.17, 15) is 9.70 Å². The van der Waals surface area contributed by atoms with Crippen molar-refractivity contribution < 1.29 is 4.79 Å². The maximum Gasteiger partial charge on any atom is 0.340 e. The molecule has 0 aliphatic carbocycles. The van der Waals surface area contributed by atoms with E-state index >= 15 is 0 Å². The van der Waals surface area contributed by atoms with Crippen molar-refractivity contribution in [3.05, 3.63) is 35.0 Å². The number of carbonyl (C=O) groups excluding carboxylic acids is 1. The van der Waals surface area contributed by atoms with E-state index in [-0.39, 0.29) is 5.92 Å². The molecule has 6 nitrogen and oxygen atoms in total. The molecule has 1 aromatic rings. The van der Waals surface area contributed by atoms with Gasteiger partial charge in [0.15, 0.2) is 0 Å². The summed E-state index contributed by atoms with van der Waals surface area (Å²) in [7, 11) is 0. The molecule has 0 atom stereocenters. The van der Waals surface area contributed by atoms with Gasteiger partial charge in [-0.05, 0) is 17.5 Å². The molecule has 1 heterocycles. The second kappa shape index (κ2) is 6.57. The monoisotopic (exact) mass is 236 g/mol. The number of rotatable bonds is 5. The van der Waals surface area contributed by atoms with Crippen LogP contribution in [0.1, 0.15) is 19.4 Å². The first-order valence-electron chi connectivity index (χ1n) is 5.41. The average Bonchev–Trinajstić information content (AvgIpc) is 2.34. The minimum Gasteiger partial charge on any atom is -0.332 e. The minimum absolute atomic E-state index is 0.192. The molecule has 1 rings (SSSR count). The molecule has 1 N–H and O–H groups in total. The fraction of sp³-hybridized carbons (Fsp3) is 0.455. The zero-order valence-electron chi connectivity index (χ0n) is 9.96. The lowest BCUT2D eigenvalue weighted by molar-refractivity contribution is 0.192. The fourth-order valence-corrected chi connectivity index (χ4v) is 1.27. The molecule has 0 bridgehead atoms. The standard InChI is InChI=1S/C11H16N4O2/c1-9(2)8-15(14-17)11(16)13-7-10-4-3-5-12-6-10/h3-6,9H,7-8H2,1-2H3,(H,13,16). The highest BCUT2D eigenvalue weighted by Crippen LogP contribution is 2.01. The molecule has 0 radical (unpaired) electrons. The summed E-state index contributed by atoms with van der Waals surface area (Å²) in [5.41, 5.74) is 0.872. The summed E-state index contributed by atoms with van der Waals surface area (Å²) in [5, 5.41) is 6.19. The van der Waals surface area contributed by atoms with Gasteiger partial charge in [0.25, 0.3) is 0 Å². The molecule has 0 spiro atoms. The van der Waals surface area contributed by atoms with Crippen molar-refractivity contribution in [2.24, 2.45) is 11.2 Å². The van der Waals surface area contributed by atoms with Crippen LogP contribution >= 0.6 is 0 Å². The Kier molecular flexibility index (Phi) is 5.06. The van der Waals surface area contributed by atoms with Gasteiger partial charge in [0.05, 0.1) is 11.8 Å². The summed E-state index contributed by atoms with van der Waals surface area (Å²) < 4.78 is 0. The number of nitrogens with zero attached hydrogens (tertiary/aromatic N) is 3. The second-order valence-electron chi connectivity index (χ2n) is 4.08. The van der Waals surface area contributed by atoms with E-state index in [1.165, 1.54) is 0 Å². The van der Waals surface area contributed by atoms with Gasteiger partial charge in [0, 0.05) is 18.9 Å². The third kappa shape index (κ3) is 4.58. The minimum atomic E-state index is -0.488. The van der Waals surface area contributed by atoms with Crippen LogP contribution in [0.5, 0.6) is 0 Å². The lowest BCUT2D eigenvalue weighted by atomic mass is 10.2. The molecule has 0 aliphatic heterocycles. The van der Waals surface area contributed by atoms with E-state index in [4.69, 9.17) is 0 Å². The van der Waals surface area contributed by atoms with Gasteiger partial charge >= 0.3 is 6.03 Å². The Morgan fingerprint density at radius 1 is 1.59 bits per heavy atom. The smallest absolute Gasteiger partial charge is 0.332 e. The molecule has 2 amide bonds. The summed E-state index contributed by atoms with van der Waals surface area (Å²) in [6.45, 7) is 4.46. The zero-order valence-corrected chi connectivity index (χ0v) is 9.96. The van der Waals surface area contributed by atoms with Gasteiger partial charge in [-0.15, -0.1) is 4.91 Å². The average molecular weight is 236 g/mol. The van der Waals surface area contributed by atoms with E-state index in [1.54, 1.807) is 18.5 Å². The molecule has 0 saturated carbocycles. The molecule has 6 heteroatoms. The third-order valence-corrected chi connectivity index (χ3v) is 2.04. The van der Waals surface area contributed by atoms with Crippen LogP contribution < -0.4 is 5.32 Å². The number of carbonyl (C=O) groups is 1. The lowest BCUT2D eigenvalue weighted by Gasteiger charge is -2.16. The van der Waals surface area contributed by atoms with Crippen LogP contribution in [0.25, 0.3) is 0 Å². The number of amides is 2. The molecule has 0 fully saturated rings. The highest BCUT2D eigenvalue weighted by molar-refractivity contribution is 5.73. The van der Waals surface area contributed by atoms with Crippen molar-refractivity contribution in [3.8, 4) is 0 Å². The highest BCUT2D eigenvalue weighted by Gasteiger charge is 2.14. The van der Waals surface area contributed by atoms with E-state index in [2.05, 4.69) is 15.6 Å². The van der Waals surface area contributed by atoms with E-state index in [0.717, 1.165) is 10.6 Å². The van der Waals surface area contributed by atoms with Crippen LogP contribution in [0.15, 0.2) is 29.8 Å². The zero-order chi connectivity index (χ0) is 12.7. The molecular formula is C11H16N4O2. The van der Waals surface area contributed by atoms with E-state index in [1.807, 2.05) is 19.9 Å². The van der Waals surface area contributed by atoms with Crippen molar-refractivity contribution in [2.75, 3.05) is 6.54 Å². The Morgan fingerprint density at radius 3 is 2.88 bits per heavy atom. The summed E-state index contributed by atoms with van der Waals surface area (Å²) in [6.07, 6.45) is 3.31. The van der Waals surface area contributed by atoms with Gasteiger partial charge in [-0.25, -0.2) is 4.79 Å². The van der Waals surface area contributed by atoms with Crippen LogP contribution in [0, 0.1) is 10.8 Å². The van der Waals surface area contributed by atoms with Gasteiger partial charge in [0.1, 0.15) is 0 Å². The largest absolute Gasteiger partial charge is 0.340 e. The van der Waals surface area contributed by atoms with Crippen LogP contribution in [-0.2, 0) is 6.54 Å². The number of nitrogens with one attached hydrogen (secondary N) is 1. The maximum atomic E-state index is 11.6. The summed E-state index contributed by atoms with van der Waals surface area (Å²) in [4.78, 5) is 26.0. The fourth-order valence-electron chi connectivity index (χ4n) is 1.27. The van der Waals surface area contributed by atoms with E-state index < -0.39 is 6.03 Å². The number of nitroso groups, excluding NO2 is 1. The van der Waals surface area contributed by atoms with Gasteiger partial charge < -0.3 is 5.32 Å². The maximum absolute atomic E-state index is 11.6. The van der Waals surface area contributed by atoms with Crippen molar-refractivity contribution >= 4 is 6.03 Å². The van der Waals surface area contributed by atoms with Crippen molar-refractivity contribution in [1.29, 1.82) is 0 Å². The predicted molar refractivity (Wildman–Crippen MR) is 63.8 cm³/mol. The molecule has 17 heavy (non-hydrogen) atoms. The topological polar surface area (TPSA) is 74.7 Å². The Labute approximate surface area is 100.0 Å². The molecule has 0 saturated heterocycles. The van der Waals surface area contributed by atoms with Crippen molar-refractivity contribution in [3.63, 3.8) is 0 Å². The SMILES string of the molecule is CC(C)CN(N=O)C(=O)NCc1cccnc1. The van der Waals surface area contributed by atoms with Crippen molar-refractivity contribution in [2.45, 2.75) is 20.4 Å².